The van der Waals surface area contributed by atoms with Gasteiger partial charge in [-0.3, -0.25) is 4.79 Å². The summed E-state index contributed by atoms with van der Waals surface area (Å²) in [6.45, 7) is 1.92. The molecule has 0 aliphatic rings. The van der Waals surface area contributed by atoms with E-state index in [1.54, 1.807) is 0 Å². The van der Waals surface area contributed by atoms with Gasteiger partial charge < -0.3 is 10.4 Å². The molecule has 0 saturated heterocycles. The van der Waals surface area contributed by atoms with Gasteiger partial charge >= 0.3 is 0 Å². The normalized spacial score (nSPS) is 12.3. The first kappa shape index (κ1) is 15.5. The van der Waals surface area contributed by atoms with Crippen LogP contribution in [0.4, 0.5) is 0 Å². The molecule has 1 amide bonds. The van der Waals surface area contributed by atoms with Crippen molar-refractivity contribution in [1.29, 1.82) is 0 Å². The number of rotatable bonds is 5. The third kappa shape index (κ3) is 3.99. The van der Waals surface area contributed by atoms with E-state index < -0.39 is 5.91 Å². The number of hydrogen-bond acceptors (Lipinski definition) is 3. The molecule has 18 heavy (non-hydrogen) atoms. The largest absolute Gasteiger partial charge is 0.396 e. The molecule has 0 aliphatic carbocycles. The quantitative estimate of drug-likeness (QED) is 0.879. The molecule has 100 valence electrons. The number of nitrogens with one attached hydrogen (secondary N) is 1. The Labute approximate surface area is 120 Å². The van der Waals surface area contributed by atoms with Gasteiger partial charge in [-0.05, 0) is 19.8 Å². The Kier molecular flexibility index (Phi) is 6.15. The second-order valence-electron chi connectivity index (χ2n) is 3.82. The monoisotopic (exact) mass is 310 g/mol. The molecule has 1 aromatic rings. The third-order valence-corrected chi connectivity index (χ3v) is 3.55. The molecule has 7 heteroatoms. The van der Waals surface area contributed by atoms with Gasteiger partial charge in [0.05, 0.1) is 15.1 Å². The van der Waals surface area contributed by atoms with Crippen LogP contribution in [-0.4, -0.2) is 28.6 Å². The van der Waals surface area contributed by atoms with Crippen LogP contribution < -0.4 is 5.32 Å². The van der Waals surface area contributed by atoms with E-state index in [1.807, 2.05) is 6.92 Å². The Bertz CT molecular complexity index is 441. The van der Waals surface area contributed by atoms with Gasteiger partial charge in [-0.1, -0.05) is 34.8 Å². The minimum atomic E-state index is -0.413. The molecular weight excluding hydrogens is 298 g/mol. The summed E-state index contributed by atoms with van der Waals surface area (Å²) in [6, 6.07) is -0.0861. The molecule has 0 bridgehead atoms. The zero-order valence-electron chi connectivity index (χ0n) is 9.71. The molecule has 0 aliphatic heterocycles. The highest BCUT2D eigenvalue weighted by molar-refractivity contribution is 6.48. The molecule has 1 atom stereocenters. The lowest BCUT2D eigenvalue weighted by Crippen LogP contribution is -2.33. The van der Waals surface area contributed by atoms with Gasteiger partial charge in [0.15, 0.2) is 0 Å². The van der Waals surface area contributed by atoms with E-state index in [9.17, 15) is 4.79 Å². The van der Waals surface area contributed by atoms with Crippen molar-refractivity contribution in [2.24, 2.45) is 0 Å². The molecular formula is C11H13Cl3N2O2. The Morgan fingerprint density at radius 1 is 1.44 bits per heavy atom. The zero-order chi connectivity index (χ0) is 13.7. The zero-order valence-corrected chi connectivity index (χ0v) is 12.0. The molecule has 1 rings (SSSR count). The lowest BCUT2D eigenvalue weighted by molar-refractivity contribution is 0.0931. The van der Waals surface area contributed by atoms with E-state index in [-0.39, 0.29) is 33.4 Å². The fraction of sp³-hybridized carbons (Fsp3) is 0.455. The van der Waals surface area contributed by atoms with Gasteiger partial charge in [-0.15, -0.1) is 0 Å². The lowest BCUT2D eigenvalue weighted by atomic mass is 10.2. The van der Waals surface area contributed by atoms with Crippen LogP contribution in [0.15, 0.2) is 6.20 Å². The van der Waals surface area contributed by atoms with Gasteiger partial charge in [-0.25, -0.2) is 4.98 Å². The van der Waals surface area contributed by atoms with Crippen molar-refractivity contribution in [3.8, 4) is 0 Å². The predicted molar refractivity (Wildman–Crippen MR) is 72.5 cm³/mol. The highest BCUT2D eigenvalue weighted by atomic mass is 35.5. The van der Waals surface area contributed by atoms with Crippen LogP contribution in [0.5, 0.6) is 0 Å². The standard InChI is InChI=1S/C11H13Cl3N2O2/c1-6(3-2-4-17)16-11(18)10-9(14)8(13)7(12)5-15-10/h5-6,17H,2-4H2,1H3,(H,16,18). The molecule has 1 aromatic heterocycles. The second kappa shape index (κ2) is 7.14. The van der Waals surface area contributed by atoms with Crippen molar-refractivity contribution in [2.45, 2.75) is 25.8 Å². The first-order chi connectivity index (χ1) is 8.47. The average Bonchev–Trinajstić information content (AvgIpc) is 2.33. The van der Waals surface area contributed by atoms with E-state index in [1.165, 1.54) is 6.20 Å². The number of carbonyl (C=O) groups is 1. The van der Waals surface area contributed by atoms with Crippen LogP contribution in [0.1, 0.15) is 30.3 Å². The maximum absolute atomic E-state index is 11.9. The SMILES string of the molecule is CC(CCCO)NC(=O)c1ncc(Cl)c(Cl)c1Cl. The van der Waals surface area contributed by atoms with Gasteiger partial charge in [0.2, 0.25) is 0 Å². The molecule has 4 nitrogen and oxygen atoms in total. The maximum Gasteiger partial charge on any atom is 0.271 e. The Morgan fingerprint density at radius 3 is 2.72 bits per heavy atom. The number of aromatic nitrogens is 1. The smallest absolute Gasteiger partial charge is 0.271 e. The van der Waals surface area contributed by atoms with Crippen LogP contribution in [0.3, 0.4) is 0 Å². The molecule has 0 fully saturated rings. The van der Waals surface area contributed by atoms with Crippen LogP contribution in [0, 0.1) is 0 Å². The minimum Gasteiger partial charge on any atom is -0.396 e. The molecule has 0 radical (unpaired) electrons. The number of aliphatic hydroxyl groups excluding tert-OH is 1. The van der Waals surface area contributed by atoms with Gasteiger partial charge in [0.1, 0.15) is 5.69 Å². The summed E-state index contributed by atoms with van der Waals surface area (Å²) in [4.78, 5) is 15.7. The van der Waals surface area contributed by atoms with E-state index in [0.717, 1.165) is 0 Å². The van der Waals surface area contributed by atoms with E-state index >= 15 is 0 Å². The number of carbonyl (C=O) groups excluding carboxylic acids is 1. The Hall–Kier alpha value is -0.550. The Balaban J connectivity index is 2.76. The predicted octanol–water partition coefficient (Wildman–Crippen LogP) is 2.93. The summed E-state index contributed by atoms with van der Waals surface area (Å²) in [7, 11) is 0. The van der Waals surface area contributed by atoms with Crippen LogP contribution in [0.2, 0.25) is 15.1 Å². The molecule has 1 unspecified atom stereocenters. The molecule has 0 aromatic carbocycles. The van der Waals surface area contributed by atoms with Crippen LogP contribution in [-0.2, 0) is 0 Å². The highest BCUT2D eigenvalue weighted by Crippen LogP contribution is 2.30. The summed E-state index contributed by atoms with van der Waals surface area (Å²) in [5.74, 6) is -0.413. The molecule has 0 saturated carbocycles. The first-order valence-electron chi connectivity index (χ1n) is 5.38. The lowest BCUT2D eigenvalue weighted by Gasteiger charge is -2.13. The summed E-state index contributed by atoms with van der Waals surface area (Å²) in [5, 5.41) is 11.8. The number of halogens is 3. The van der Waals surface area contributed by atoms with Crippen molar-refractivity contribution in [1.82, 2.24) is 10.3 Å². The maximum atomic E-state index is 11.9. The fourth-order valence-corrected chi connectivity index (χ4v) is 1.93. The van der Waals surface area contributed by atoms with E-state index in [4.69, 9.17) is 39.9 Å². The second-order valence-corrected chi connectivity index (χ2v) is 4.99. The molecule has 0 spiro atoms. The van der Waals surface area contributed by atoms with Crippen molar-refractivity contribution >= 4 is 40.7 Å². The van der Waals surface area contributed by atoms with Crippen molar-refractivity contribution in [2.75, 3.05) is 6.61 Å². The topological polar surface area (TPSA) is 62.2 Å². The fourth-order valence-electron chi connectivity index (χ4n) is 1.36. The number of amides is 1. The summed E-state index contributed by atoms with van der Waals surface area (Å²) in [6.07, 6.45) is 2.56. The van der Waals surface area contributed by atoms with E-state index in [2.05, 4.69) is 10.3 Å². The molecule has 2 N–H and O–H groups in total. The van der Waals surface area contributed by atoms with Gasteiger partial charge in [0, 0.05) is 18.8 Å². The van der Waals surface area contributed by atoms with Crippen molar-refractivity contribution in [3.63, 3.8) is 0 Å². The third-order valence-electron chi connectivity index (χ3n) is 2.31. The summed E-state index contributed by atoms with van der Waals surface area (Å²) in [5.41, 5.74) is 0.0434. The van der Waals surface area contributed by atoms with Crippen molar-refractivity contribution < 1.29 is 9.90 Å². The van der Waals surface area contributed by atoms with Crippen LogP contribution >= 0.6 is 34.8 Å². The van der Waals surface area contributed by atoms with Crippen molar-refractivity contribution in [3.05, 3.63) is 27.0 Å². The molecule has 1 heterocycles. The number of hydrogen-bond donors (Lipinski definition) is 2. The average molecular weight is 312 g/mol. The minimum absolute atomic E-state index is 0.0380. The summed E-state index contributed by atoms with van der Waals surface area (Å²) < 4.78 is 0. The van der Waals surface area contributed by atoms with Gasteiger partial charge in [-0.2, -0.15) is 0 Å². The van der Waals surface area contributed by atoms with E-state index in [0.29, 0.717) is 12.8 Å². The van der Waals surface area contributed by atoms with Gasteiger partial charge in [0.25, 0.3) is 5.91 Å². The number of nitrogens with zero attached hydrogens (tertiary/aromatic N) is 1. The Morgan fingerprint density at radius 2 is 2.11 bits per heavy atom. The highest BCUT2D eigenvalue weighted by Gasteiger charge is 2.18. The first-order valence-corrected chi connectivity index (χ1v) is 6.52. The summed E-state index contributed by atoms with van der Waals surface area (Å²) >= 11 is 17.5. The van der Waals surface area contributed by atoms with Crippen LogP contribution in [0.25, 0.3) is 0 Å². The number of aliphatic hydroxyl groups is 1. The number of pyridine rings is 1.